The number of ether oxygens (including phenoxy) is 1. The van der Waals surface area contributed by atoms with Gasteiger partial charge in [-0.15, -0.1) is 0 Å². The highest BCUT2D eigenvalue weighted by atomic mass is 19.1. The summed E-state index contributed by atoms with van der Waals surface area (Å²) < 4.78 is 31.7. The van der Waals surface area contributed by atoms with Crippen LogP contribution in [0, 0.1) is 17.0 Å². The molecule has 0 atom stereocenters. The van der Waals surface area contributed by atoms with Crippen LogP contribution in [0.1, 0.15) is 11.1 Å². The molecule has 98 valence electrons. The molecule has 0 heterocycles. The Hall–Kier alpha value is -2.43. The van der Waals surface area contributed by atoms with Gasteiger partial charge in [-0.1, -0.05) is 30.3 Å². The fourth-order valence-electron chi connectivity index (χ4n) is 1.56. The number of hydrogen-bond acceptors (Lipinski definition) is 2. The first-order valence-corrected chi connectivity index (χ1v) is 5.58. The maximum atomic E-state index is 13.3. The van der Waals surface area contributed by atoms with Gasteiger partial charge in [0.15, 0.2) is 17.4 Å². The van der Waals surface area contributed by atoms with Crippen molar-refractivity contribution in [3.05, 3.63) is 65.2 Å². The van der Waals surface area contributed by atoms with Gasteiger partial charge in [0.05, 0.1) is 0 Å². The Kier molecular flexibility index (Phi) is 3.75. The molecule has 0 radical (unpaired) electrons. The maximum Gasteiger partial charge on any atom is 0.191 e. The summed E-state index contributed by atoms with van der Waals surface area (Å²) >= 11 is 0. The maximum absolute atomic E-state index is 13.3. The number of halogens is 2. The van der Waals surface area contributed by atoms with Crippen molar-refractivity contribution in [3.63, 3.8) is 0 Å². The van der Waals surface area contributed by atoms with Crippen molar-refractivity contribution in [1.29, 1.82) is 5.41 Å². The van der Waals surface area contributed by atoms with E-state index in [2.05, 4.69) is 0 Å². The first kappa shape index (κ1) is 13.0. The summed E-state index contributed by atoms with van der Waals surface area (Å²) in [4.78, 5) is 0. The zero-order valence-corrected chi connectivity index (χ0v) is 9.99. The number of hydrogen-bond donors (Lipinski definition) is 2. The second kappa shape index (κ2) is 5.48. The quantitative estimate of drug-likeness (QED) is 0.657. The normalized spacial score (nSPS) is 10.2. The molecule has 0 fully saturated rings. The number of para-hydroxylation sites is 1. The van der Waals surface area contributed by atoms with Gasteiger partial charge in [-0.25, -0.2) is 8.78 Å². The zero-order valence-electron chi connectivity index (χ0n) is 9.99. The van der Waals surface area contributed by atoms with Gasteiger partial charge in [-0.2, -0.15) is 0 Å². The largest absolute Gasteiger partial charge is 0.483 e. The predicted octanol–water partition coefficient (Wildman–Crippen LogP) is 2.83. The lowest BCUT2D eigenvalue weighted by atomic mass is 10.1. The van der Waals surface area contributed by atoms with Crippen molar-refractivity contribution in [2.45, 2.75) is 6.61 Å². The number of benzene rings is 2. The number of nitrogen functional groups attached to an aromatic ring is 1. The summed E-state index contributed by atoms with van der Waals surface area (Å²) in [6.07, 6.45) is 0. The second-order valence-electron chi connectivity index (χ2n) is 3.95. The molecule has 0 aliphatic heterocycles. The molecule has 0 unspecified atom stereocenters. The Morgan fingerprint density at radius 1 is 1.05 bits per heavy atom. The Bertz CT molecular complexity index is 577. The van der Waals surface area contributed by atoms with Gasteiger partial charge in [-0.3, -0.25) is 5.41 Å². The number of amidine groups is 1. The Balaban J connectivity index is 2.08. The minimum absolute atomic E-state index is 0.0346. The lowest BCUT2D eigenvalue weighted by Crippen LogP contribution is -2.10. The van der Waals surface area contributed by atoms with E-state index in [1.54, 1.807) is 24.3 Å². The number of rotatable bonds is 4. The van der Waals surface area contributed by atoms with E-state index in [1.807, 2.05) is 0 Å². The molecule has 0 spiro atoms. The lowest BCUT2D eigenvalue weighted by Gasteiger charge is -2.08. The summed E-state index contributed by atoms with van der Waals surface area (Å²) in [5.41, 5.74) is 6.63. The Labute approximate surface area is 109 Å². The molecule has 0 saturated carbocycles. The number of nitrogens with two attached hydrogens (primary N) is 1. The molecular weight excluding hydrogens is 250 g/mol. The van der Waals surface area contributed by atoms with Crippen LogP contribution in [0.2, 0.25) is 0 Å². The van der Waals surface area contributed by atoms with Crippen LogP contribution in [0.4, 0.5) is 8.78 Å². The zero-order chi connectivity index (χ0) is 13.8. The van der Waals surface area contributed by atoms with Crippen molar-refractivity contribution in [2.75, 3.05) is 0 Å². The minimum Gasteiger partial charge on any atom is -0.483 e. The summed E-state index contributed by atoms with van der Waals surface area (Å²) in [5, 5.41) is 7.25. The number of nitrogens with one attached hydrogen (secondary N) is 1. The molecule has 0 bridgehead atoms. The molecule has 5 heteroatoms. The van der Waals surface area contributed by atoms with E-state index in [-0.39, 0.29) is 12.4 Å². The molecule has 0 amide bonds. The van der Waals surface area contributed by atoms with Crippen molar-refractivity contribution in [3.8, 4) is 5.75 Å². The lowest BCUT2D eigenvalue weighted by molar-refractivity contribution is 0.274. The van der Waals surface area contributed by atoms with Crippen LogP contribution < -0.4 is 10.5 Å². The minimum atomic E-state index is -0.736. The third kappa shape index (κ3) is 3.07. The van der Waals surface area contributed by atoms with E-state index in [4.69, 9.17) is 15.9 Å². The average Bonchev–Trinajstić information content (AvgIpc) is 2.38. The fourth-order valence-corrected chi connectivity index (χ4v) is 1.56. The second-order valence-corrected chi connectivity index (χ2v) is 3.95. The predicted molar refractivity (Wildman–Crippen MR) is 68.1 cm³/mol. The van der Waals surface area contributed by atoms with Crippen molar-refractivity contribution in [1.82, 2.24) is 0 Å². The highest BCUT2D eigenvalue weighted by Gasteiger charge is 2.09. The van der Waals surface area contributed by atoms with Crippen LogP contribution in [-0.4, -0.2) is 5.84 Å². The Morgan fingerprint density at radius 2 is 1.63 bits per heavy atom. The van der Waals surface area contributed by atoms with Gasteiger partial charge in [0.2, 0.25) is 0 Å². The van der Waals surface area contributed by atoms with Gasteiger partial charge in [-0.05, 0) is 17.7 Å². The van der Waals surface area contributed by atoms with Gasteiger partial charge < -0.3 is 10.5 Å². The summed E-state index contributed by atoms with van der Waals surface area (Å²) in [6, 6.07) is 10.2. The molecule has 2 rings (SSSR count). The van der Waals surface area contributed by atoms with Crippen LogP contribution in [0.15, 0.2) is 42.5 Å². The first-order chi connectivity index (χ1) is 9.08. The first-order valence-electron chi connectivity index (χ1n) is 5.58. The van der Waals surface area contributed by atoms with Crippen LogP contribution in [-0.2, 0) is 6.61 Å². The highest BCUT2D eigenvalue weighted by Crippen LogP contribution is 2.22. The smallest absolute Gasteiger partial charge is 0.191 e. The van der Waals surface area contributed by atoms with E-state index in [9.17, 15) is 8.78 Å². The molecular formula is C14H12F2N2O. The Morgan fingerprint density at radius 3 is 2.16 bits per heavy atom. The van der Waals surface area contributed by atoms with E-state index in [1.165, 1.54) is 6.07 Å². The van der Waals surface area contributed by atoms with Crippen molar-refractivity contribution < 1.29 is 13.5 Å². The van der Waals surface area contributed by atoms with Crippen LogP contribution in [0.3, 0.4) is 0 Å². The topological polar surface area (TPSA) is 59.1 Å². The van der Waals surface area contributed by atoms with Crippen molar-refractivity contribution >= 4 is 5.84 Å². The third-order valence-corrected chi connectivity index (χ3v) is 2.57. The molecule has 3 nitrogen and oxygen atoms in total. The van der Waals surface area contributed by atoms with Crippen LogP contribution in [0.25, 0.3) is 0 Å². The summed E-state index contributed by atoms with van der Waals surface area (Å²) in [6.45, 7) is 0.0377. The van der Waals surface area contributed by atoms with E-state index in [0.717, 1.165) is 17.7 Å². The van der Waals surface area contributed by atoms with E-state index in [0.29, 0.717) is 5.56 Å². The molecule has 2 aromatic carbocycles. The third-order valence-electron chi connectivity index (χ3n) is 2.57. The SMILES string of the molecule is N=C(N)c1ccc(COc2c(F)cccc2F)cc1. The standard InChI is InChI=1S/C14H12F2N2O/c15-11-2-1-3-12(16)13(11)19-8-9-4-6-10(7-5-9)14(17)18/h1-7H,8H2,(H3,17,18). The van der Waals surface area contributed by atoms with Gasteiger partial charge in [0.1, 0.15) is 12.4 Å². The average molecular weight is 262 g/mol. The molecule has 2 aromatic rings. The van der Waals surface area contributed by atoms with Gasteiger partial charge >= 0.3 is 0 Å². The van der Waals surface area contributed by atoms with E-state index < -0.39 is 17.4 Å². The van der Waals surface area contributed by atoms with Crippen molar-refractivity contribution in [2.24, 2.45) is 5.73 Å². The monoisotopic (exact) mass is 262 g/mol. The summed E-state index contributed by atoms with van der Waals surface area (Å²) in [5.74, 6) is -1.90. The fraction of sp³-hybridized carbons (Fsp3) is 0.0714. The molecule has 0 aromatic heterocycles. The van der Waals surface area contributed by atoms with Crippen LogP contribution in [0.5, 0.6) is 5.75 Å². The molecule has 0 saturated heterocycles. The van der Waals surface area contributed by atoms with E-state index >= 15 is 0 Å². The van der Waals surface area contributed by atoms with Gasteiger partial charge in [0, 0.05) is 5.56 Å². The molecule has 0 aliphatic rings. The molecule has 19 heavy (non-hydrogen) atoms. The van der Waals surface area contributed by atoms with Crippen LogP contribution >= 0.6 is 0 Å². The molecule has 3 N–H and O–H groups in total. The summed E-state index contributed by atoms with van der Waals surface area (Å²) in [7, 11) is 0. The molecule has 0 aliphatic carbocycles. The van der Waals surface area contributed by atoms with Gasteiger partial charge in [0.25, 0.3) is 0 Å². The highest BCUT2D eigenvalue weighted by molar-refractivity contribution is 5.94.